The van der Waals surface area contributed by atoms with Crippen molar-refractivity contribution in [3.63, 3.8) is 0 Å². The molecule has 0 fully saturated rings. The average Bonchev–Trinajstić information content (AvgIpc) is 2.71. The standard InChI is InChI=1S/C13H24N4O2S/c1-6-7-14-8-12-11(4)15-16-13(12)20(18,19)17(5)9-10(2)3/h14H,2,6-9H2,1,3-5H3,(H,15,16). The van der Waals surface area contributed by atoms with E-state index in [2.05, 4.69) is 29.0 Å². The van der Waals surface area contributed by atoms with E-state index in [1.807, 2.05) is 6.92 Å². The number of likely N-dealkylation sites (N-methyl/N-ethyl adjacent to an activating group) is 1. The van der Waals surface area contributed by atoms with E-state index in [0.29, 0.717) is 12.1 Å². The lowest BCUT2D eigenvalue weighted by atomic mass is 10.2. The van der Waals surface area contributed by atoms with Crippen molar-refractivity contribution in [1.82, 2.24) is 19.8 Å². The van der Waals surface area contributed by atoms with Crippen molar-refractivity contribution in [2.75, 3.05) is 20.1 Å². The van der Waals surface area contributed by atoms with Crippen LogP contribution in [0, 0.1) is 6.92 Å². The Morgan fingerprint density at radius 1 is 1.50 bits per heavy atom. The Bertz CT molecular complexity index is 563. The molecule has 0 atom stereocenters. The molecule has 0 unspecified atom stereocenters. The molecular formula is C13H24N4O2S. The number of aromatic amines is 1. The van der Waals surface area contributed by atoms with Gasteiger partial charge < -0.3 is 5.32 Å². The number of hydrogen-bond donors (Lipinski definition) is 2. The van der Waals surface area contributed by atoms with E-state index in [-0.39, 0.29) is 11.6 Å². The molecule has 0 spiro atoms. The molecule has 6 nitrogen and oxygen atoms in total. The lowest BCUT2D eigenvalue weighted by Crippen LogP contribution is -2.30. The first-order chi connectivity index (χ1) is 9.30. The molecule has 0 amide bonds. The molecule has 1 aromatic rings. The maximum Gasteiger partial charge on any atom is 0.262 e. The Morgan fingerprint density at radius 2 is 2.15 bits per heavy atom. The number of aryl methyl sites for hydroxylation is 1. The second-order valence-corrected chi connectivity index (χ2v) is 6.99. The van der Waals surface area contributed by atoms with Crippen molar-refractivity contribution in [3.8, 4) is 0 Å². The SMILES string of the molecule is C=C(C)CN(C)S(=O)(=O)c1n[nH]c(C)c1CNCCC. The number of nitrogens with one attached hydrogen (secondary N) is 2. The van der Waals surface area contributed by atoms with Crippen molar-refractivity contribution in [2.24, 2.45) is 0 Å². The zero-order valence-electron chi connectivity index (χ0n) is 12.7. The van der Waals surface area contributed by atoms with Crippen LogP contribution in [0.15, 0.2) is 17.2 Å². The first kappa shape index (κ1) is 16.9. The van der Waals surface area contributed by atoms with Crippen LogP contribution in [-0.2, 0) is 16.6 Å². The molecule has 114 valence electrons. The fourth-order valence-corrected chi connectivity index (χ4v) is 3.24. The van der Waals surface area contributed by atoms with Crippen LogP contribution < -0.4 is 5.32 Å². The number of sulfonamides is 1. The zero-order valence-corrected chi connectivity index (χ0v) is 13.5. The molecule has 0 aliphatic heterocycles. The predicted molar refractivity (Wildman–Crippen MR) is 80.0 cm³/mol. The number of hydrogen-bond acceptors (Lipinski definition) is 4. The quantitative estimate of drug-likeness (QED) is 0.562. The summed E-state index contributed by atoms with van der Waals surface area (Å²) >= 11 is 0. The molecule has 20 heavy (non-hydrogen) atoms. The topological polar surface area (TPSA) is 78.1 Å². The lowest BCUT2D eigenvalue weighted by Gasteiger charge is -2.16. The van der Waals surface area contributed by atoms with Crippen molar-refractivity contribution in [3.05, 3.63) is 23.4 Å². The smallest absolute Gasteiger partial charge is 0.262 e. The minimum Gasteiger partial charge on any atom is -0.313 e. The van der Waals surface area contributed by atoms with Gasteiger partial charge >= 0.3 is 0 Å². The highest BCUT2D eigenvalue weighted by Gasteiger charge is 2.27. The van der Waals surface area contributed by atoms with Crippen molar-refractivity contribution in [2.45, 2.75) is 38.8 Å². The Labute approximate surface area is 121 Å². The second-order valence-electron chi connectivity index (χ2n) is 5.03. The van der Waals surface area contributed by atoms with Crippen LogP contribution in [0.25, 0.3) is 0 Å². The van der Waals surface area contributed by atoms with Crippen LogP contribution in [0.4, 0.5) is 0 Å². The van der Waals surface area contributed by atoms with E-state index in [1.165, 1.54) is 11.4 Å². The highest BCUT2D eigenvalue weighted by molar-refractivity contribution is 7.89. The molecule has 2 N–H and O–H groups in total. The molecule has 1 heterocycles. The Hall–Kier alpha value is -1.18. The molecule has 1 rings (SSSR count). The van der Waals surface area contributed by atoms with Gasteiger partial charge in [0, 0.05) is 31.4 Å². The maximum absolute atomic E-state index is 12.5. The van der Waals surface area contributed by atoms with E-state index >= 15 is 0 Å². The molecule has 0 aliphatic rings. The number of H-pyrrole nitrogens is 1. The summed E-state index contributed by atoms with van der Waals surface area (Å²) in [5.41, 5.74) is 2.26. The highest BCUT2D eigenvalue weighted by Crippen LogP contribution is 2.20. The molecular weight excluding hydrogens is 276 g/mol. The largest absolute Gasteiger partial charge is 0.313 e. The van der Waals surface area contributed by atoms with Crippen LogP contribution in [0.5, 0.6) is 0 Å². The summed E-state index contributed by atoms with van der Waals surface area (Å²) in [7, 11) is -2.05. The highest BCUT2D eigenvalue weighted by atomic mass is 32.2. The van der Waals surface area contributed by atoms with Gasteiger partial charge in [0.25, 0.3) is 10.0 Å². The van der Waals surface area contributed by atoms with Gasteiger partial charge in [-0.15, -0.1) is 0 Å². The monoisotopic (exact) mass is 300 g/mol. The fraction of sp³-hybridized carbons (Fsp3) is 0.615. The van der Waals surface area contributed by atoms with Gasteiger partial charge in [-0.05, 0) is 26.8 Å². The molecule has 1 aromatic heterocycles. The summed E-state index contributed by atoms with van der Waals surface area (Å²) in [6, 6.07) is 0. The molecule has 0 saturated carbocycles. The summed E-state index contributed by atoms with van der Waals surface area (Å²) in [4.78, 5) is 0. The van der Waals surface area contributed by atoms with Crippen LogP contribution in [0.3, 0.4) is 0 Å². The van der Waals surface area contributed by atoms with Crippen molar-refractivity contribution >= 4 is 10.0 Å². The van der Waals surface area contributed by atoms with E-state index < -0.39 is 10.0 Å². The molecule has 0 bridgehead atoms. The summed E-state index contributed by atoms with van der Waals surface area (Å²) in [5, 5.41) is 10.0. The Morgan fingerprint density at radius 3 is 2.70 bits per heavy atom. The zero-order chi connectivity index (χ0) is 15.3. The summed E-state index contributed by atoms with van der Waals surface area (Å²) in [5.74, 6) is 0. The molecule has 7 heteroatoms. The molecule has 0 saturated heterocycles. The normalized spacial score (nSPS) is 12.1. The van der Waals surface area contributed by atoms with E-state index in [1.54, 1.807) is 6.92 Å². The molecule has 0 radical (unpaired) electrons. The molecule has 0 aliphatic carbocycles. The van der Waals surface area contributed by atoms with Gasteiger partial charge in [0.05, 0.1) is 0 Å². The Kier molecular flexibility index (Phi) is 5.91. The average molecular weight is 300 g/mol. The maximum atomic E-state index is 12.5. The number of nitrogens with zero attached hydrogens (tertiary/aromatic N) is 2. The van der Waals surface area contributed by atoms with Gasteiger partial charge in [0.1, 0.15) is 0 Å². The third-order valence-electron chi connectivity index (χ3n) is 2.91. The van der Waals surface area contributed by atoms with Gasteiger partial charge in [-0.3, -0.25) is 5.10 Å². The van der Waals surface area contributed by atoms with Gasteiger partial charge in [-0.2, -0.15) is 9.40 Å². The second kappa shape index (κ2) is 7.01. The molecule has 0 aromatic carbocycles. The predicted octanol–water partition coefficient (Wildman–Crippen LogP) is 1.41. The van der Waals surface area contributed by atoms with E-state index in [4.69, 9.17) is 0 Å². The minimum absolute atomic E-state index is 0.0994. The van der Waals surface area contributed by atoms with Crippen LogP contribution in [-0.4, -0.2) is 43.1 Å². The van der Waals surface area contributed by atoms with Gasteiger partial charge in [-0.1, -0.05) is 19.1 Å². The number of rotatable bonds is 8. The first-order valence-electron chi connectivity index (χ1n) is 6.66. The summed E-state index contributed by atoms with van der Waals surface area (Å²) in [6.07, 6.45) is 0.995. The van der Waals surface area contributed by atoms with Crippen LogP contribution in [0.2, 0.25) is 0 Å². The summed E-state index contributed by atoms with van der Waals surface area (Å²) in [6.45, 7) is 11.0. The van der Waals surface area contributed by atoms with E-state index in [9.17, 15) is 8.42 Å². The number of aromatic nitrogens is 2. The van der Waals surface area contributed by atoms with Crippen LogP contribution in [0.1, 0.15) is 31.5 Å². The summed E-state index contributed by atoms with van der Waals surface area (Å²) < 4.78 is 26.3. The van der Waals surface area contributed by atoms with Crippen molar-refractivity contribution in [1.29, 1.82) is 0 Å². The van der Waals surface area contributed by atoms with Crippen LogP contribution >= 0.6 is 0 Å². The minimum atomic E-state index is -3.59. The lowest BCUT2D eigenvalue weighted by molar-refractivity contribution is 0.487. The third kappa shape index (κ3) is 3.91. The van der Waals surface area contributed by atoms with Crippen molar-refractivity contribution < 1.29 is 8.42 Å². The van der Waals surface area contributed by atoms with Gasteiger partial charge in [0.2, 0.25) is 0 Å². The third-order valence-corrected chi connectivity index (χ3v) is 4.69. The first-order valence-corrected chi connectivity index (χ1v) is 8.10. The van der Waals surface area contributed by atoms with E-state index in [0.717, 1.165) is 24.2 Å². The van der Waals surface area contributed by atoms with Gasteiger partial charge in [0.15, 0.2) is 5.03 Å². The fourth-order valence-electron chi connectivity index (χ4n) is 1.85. The van der Waals surface area contributed by atoms with Gasteiger partial charge in [-0.25, -0.2) is 8.42 Å². The Balaban J connectivity index is 3.03.